The lowest BCUT2D eigenvalue weighted by molar-refractivity contribution is 0.536. The molecule has 0 spiro atoms. The van der Waals surface area contributed by atoms with Crippen LogP contribution in [0.25, 0.3) is 0 Å². The molecule has 1 aliphatic rings. The van der Waals surface area contributed by atoms with Gasteiger partial charge in [0.1, 0.15) is 0 Å². The molecule has 4 nitrogen and oxygen atoms in total. The molecule has 1 fully saturated rings. The summed E-state index contributed by atoms with van der Waals surface area (Å²) in [7, 11) is 0. The summed E-state index contributed by atoms with van der Waals surface area (Å²) in [4.78, 5) is 12.9. The third-order valence-corrected chi connectivity index (χ3v) is 3.60. The molecule has 0 atom stereocenters. The van der Waals surface area contributed by atoms with Crippen LogP contribution in [0.3, 0.4) is 0 Å². The van der Waals surface area contributed by atoms with Gasteiger partial charge in [-0.25, -0.2) is 0 Å². The van der Waals surface area contributed by atoms with Crippen LogP contribution in [0.15, 0.2) is 17.4 Å². The molecule has 1 aromatic rings. The minimum atomic E-state index is 0.155. The van der Waals surface area contributed by atoms with Gasteiger partial charge in [0.15, 0.2) is 5.17 Å². The first-order valence-corrected chi connectivity index (χ1v) is 6.27. The van der Waals surface area contributed by atoms with Crippen LogP contribution in [0.4, 0.5) is 0 Å². The molecule has 1 saturated heterocycles. The van der Waals surface area contributed by atoms with Gasteiger partial charge < -0.3 is 5.32 Å². The Morgan fingerprint density at radius 3 is 2.81 bits per heavy atom. The number of hydrogen-bond acceptors (Lipinski definition) is 4. The van der Waals surface area contributed by atoms with Gasteiger partial charge >= 0.3 is 0 Å². The van der Waals surface area contributed by atoms with E-state index < -0.39 is 0 Å². The molecule has 0 saturated carbocycles. The number of aliphatic imine (C=N–C) groups is 1. The van der Waals surface area contributed by atoms with Gasteiger partial charge in [-0.3, -0.25) is 15.0 Å². The molecule has 86 valence electrons. The van der Waals surface area contributed by atoms with E-state index in [1.165, 1.54) is 0 Å². The lowest BCUT2D eigenvalue weighted by Crippen LogP contribution is -2.36. The highest BCUT2D eigenvalue weighted by molar-refractivity contribution is 8.14. The van der Waals surface area contributed by atoms with E-state index in [9.17, 15) is 0 Å². The Balaban J connectivity index is 1.97. The number of amidine groups is 1. The van der Waals surface area contributed by atoms with Crippen molar-refractivity contribution in [1.29, 1.82) is 0 Å². The number of rotatable bonds is 2. The lowest BCUT2D eigenvalue weighted by atomic mass is 10.1. The third-order valence-electron chi connectivity index (χ3n) is 2.23. The van der Waals surface area contributed by atoms with Gasteiger partial charge in [-0.05, 0) is 20.8 Å². The summed E-state index contributed by atoms with van der Waals surface area (Å²) < 4.78 is 0. The van der Waals surface area contributed by atoms with Gasteiger partial charge in [-0.2, -0.15) is 0 Å². The van der Waals surface area contributed by atoms with Gasteiger partial charge in [0.25, 0.3) is 0 Å². The average Bonchev–Trinajstić information content (AvgIpc) is 2.58. The second kappa shape index (κ2) is 4.41. The fourth-order valence-electron chi connectivity index (χ4n) is 1.35. The van der Waals surface area contributed by atoms with Crippen LogP contribution in [0, 0.1) is 6.92 Å². The van der Waals surface area contributed by atoms with Crippen molar-refractivity contribution in [3.05, 3.63) is 23.8 Å². The van der Waals surface area contributed by atoms with Crippen molar-refractivity contribution in [3.63, 3.8) is 0 Å². The Hall–Kier alpha value is -1.10. The number of hydrogen-bond donors (Lipinski definition) is 1. The highest BCUT2D eigenvalue weighted by atomic mass is 32.2. The first-order chi connectivity index (χ1) is 7.55. The van der Waals surface area contributed by atoms with Crippen LogP contribution in [0.5, 0.6) is 0 Å². The predicted molar refractivity (Wildman–Crippen MR) is 67.6 cm³/mol. The SMILES string of the molecule is Cc1cnc(CN=C2NC(C)(C)CS2)cn1. The van der Waals surface area contributed by atoms with Crippen LogP contribution in [-0.4, -0.2) is 26.4 Å². The number of nitrogens with one attached hydrogen (secondary N) is 1. The minimum absolute atomic E-state index is 0.155. The van der Waals surface area contributed by atoms with Crippen LogP contribution in [0.2, 0.25) is 0 Å². The van der Waals surface area contributed by atoms with Gasteiger partial charge in [-0.1, -0.05) is 11.8 Å². The summed E-state index contributed by atoms with van der Waals surface area (Å²) in [5.74, 6) is 1.06. The predicted octanol–water partition coefficient (Wildman–Crippen LogP) is 1.76. The van der Waals surface area contributed by atoms with Gasteiger partial charge in [-0.15, -0.1) is 0 Å². The summed E-state index contributed by atoms with van der Waals surface area (Å²) in [5, 5.41) is 4.38. The zero-order valence-electron chi connectivity index (χ0n) is 9.82. The number of aromatic nitrogens is 2. The molecule has 5 heteroatoms. The second-order valence-corrected chi connectivity index (χ2v) is 5.53. The summed E-state index contributed by atoms with van der Waals surface area (Å²) in [6, 6.07) is 0. The van der Waals surface area contributed by atoms with Gasteiger partial charge in [0.2, 0.25) is 0 Å². The molecule has 16 heavy (non-hydrogen) atoms. The topological polar surface area (TPSA) is 50.2 Å². The fraction of sp³-hybridized carbons (Fsp3) is 0.545. The van der Waals surface area contributed by atoms with E-state index in [1.54, 1.807) is 24.2 Å². The molecule has 2 heterocycles. The summed E-state index contributed by atoms with van der Waals surface area (Å²) >= 11 is 1.76. The lowest BCUT2D eigenvalue weighted by Gasteiger charge is -2.15. The number of aryl methyl sites for hydroxylation is 1. The highest BCUT2D eigenvalue weighted by Gasteiger charge is 2.26. The van der Waals surface area contributed by atoms with E-state index in [4.69, 9.17) is 0 Å². The van der Waals surface area contributed by atoms with E-state index in [1.807, 2.05) is 6.92 Å². The van der Waals surface area contributed by atoms with E-state index in [-0.39, 0.29) is 5.54 Å². The van der Waals surface area contributed by atoms with Crippen LogP contribution in [-0.2, 0) is 6.54 Å². The van der Waals surface area contributed by atoms with Crippen molar-refractivity contribution >= 4 is 16.9 Å². The largest absolute Gasteiger partial charge is 0.359 e. The molecule has 0 amide bonds. The monoisotopic (exact) mass is 236 g/mol. The number of nitrogens with zero attached hydrogens (tertiary/aromatic N) is 3. The first-order valence-electron chi connectivity index (χ1n) is 5.28. The smallest absolute Gasteiger partial charge is 0.157 e. The van der Waals surface area contributed by atoms with Gasteiger partial charge in [0, 0.05) is 17.5 Å². The summed E-state index contributed by atoms with van der Waals surface area (Å²) in [6.07, 6.45) is 3.55. The Morgan fingerprint density at radius 2 is 2.25 bits per heavy atom. The number of thioether (sulfide) groups is 1. The van der Waals surface area contributed by atoms with Crippen molar-refractivity contribution in [2.45, 2.75) is 32.9 Å². The minimum Gasteiger partial charge on any atom is -0.359 e. The van der Waals surface area contributed by atoms with Crippen molar-refractivity contribution in [3.8, 4) is 0 Å². The average molecular weight is 236 g/mol. The van der Waals surface area contributed by atoms with Crippen molar-refractivity contribution in [2.24, 2.45) is 4.99 Å². The van der Waals surface area contributed by atoms with Crippen molar-refractivity contribution in [2.75, 3.05) is 5.75 Å². The quantitative estimate of drug-likeness (QED) is 0.850. The third kappa shape index (κ3) is 2.95. The van der Waals surface area contributed by atoms with E-state index in [2.05, 4.69) is 34.1 Å². The fourth-order valence-corrected chi connectivity index (χ4v) is 2.42. The molecular weight excluding hydrogens is 220 g/mol. The first kappa shape index (κ1) is 11.4. The van der Waals surface area contributed by atoms with Crippen molar-refractivity contribution in [1.82, 2.24) is 15.3 Å². The maximum atomic E-state index is 4.48. The molecule has 2 rings (SSSR count). The standard InChI is InChI=1S/C11H16N4S/c1-8-4-13-9(5-12-8)6-14-10-15-11(2,3)7-16-10/h4-5H,6-7H2,1-3H3,(H,14,15). The molecule has 0 aliphatic carbocycles. The van der Waals surface area contributed by atoms with Gasteiger partial charge in [0.05, 0.1) is 24.1 Å². The van der Waals surface area contributed by atoms with E-state index in [0.29, 0.717) is 6.54 Å². The molecule has 0 unspecified atom stereocenters. The second-order valence-electron chi connectivity index (χ2n) is 4.57. The van der Waals surface area contributed by atoms with E-state index in [0.717, 1.165) is 22.3 Å². The van der Waals surface area contributed by atoms with Crippen molar-refractivity contribution < 1.29 is 0 Å². The normalized spacial score (nSPS) is 21.1. The summed E-state index contributed by atoms with van der Waals surface area (Å²) in [6.45, 7) is 6.88. The Morgan fingerprint density at radius 1 is 1.44 bits per heavy atom. The maximum Gasteiger partial charge on any atom is 0.157 e. The maximum absolute atomic E-state index is 4.48. The molecular formula is C11H16N4S. The molecule has 1 N–H and O–H groups in total. The van der Waals surface area contributed by atoms with E-state index >= 15 is 0 Å². The van der Waals surface area contributed by atoms with Crippen LogP contribution in [0.1, 0.15) is 25.2 Å². The molecule has 1 aliphatic heterocycles. The highest BCUT2D eigenvalue weighted by Crippen LogP contribution is 2.22. The Bertz CT molecular complexity index is 397. The van der Waals surface area contributed by atoms with Crippen LogP contribution < -0.4 is 5.32 Å². The molecule has 0 bridgehead atoms. The summed E-state index contributed by atoms with van der Waals surface area (Å²) in [5.41, 5.74) is 2.00. The zero-order chi connectivity index (χ0) is 11.6. The molecule has 0 aromatic carbocycles. The van der Waals surface area contributed by atoms with Crippen LogP contribution >= 0.6 is 11.8 Å². The Kier molecular flexibility index (Phi) is 3.14. The molecule has 0 radical (unpaired) electrons. The zero-order valence-corrected chi connectivity index (χ0v) is 10.6. The molecule has 1 aromatic heterocycles. The Labute approximate surface area is 100.0 Å².